The summed E-state index contributed by atoms with van der Waals surface area (Å²) in [6.07, 6.45) is 6.18. The monoisotopic (exact) mass is 367 g/mol. The molecular formula is C25H21NS. The standard InChI is InChI=1S/C25H21NS/c1-3-8-22-23-17-21(15-16-25(23)27-24(22)4-2)26-20-13-11-19(12-14-20)18-9-6-5-7-10-18/h3-17,26H,2H2,1H3/b8-3-. The molecule has 4 aromatic rings. The Labute approximate surface area is 164 Å². The van der Waals surface area contributed by atoms with Crippen molar-refractivity contribution in [2.24, 2.45) is 0 Å². The van der Waals surface area contributed by atoms with Crippen molar-refractivity contribution in [3.05, 3.63) is 95.9 Å². The largest absolute Gasteiger partial charge is 0.356 e. The van der Waals surface area contributed by atoms with Gasteiger partial charge >= 0.3 is 0 Å². The van der Waals surface area contributed by atoms with E-state index in [2.05, 4.69) is 90.8 Å². The highest BCUT2D eigenvalue weighted by Crippen LogP contribution is 2.35. The van der Waals surface area contributed by atoms with E-state index < -0.39 is 0 Å². The van der Waals surface area contributed by atoms with Crippen molar-refractivity contribution in [1.29, 1.82) is 0 Å². The number of anilines is 2. The Morgan fingerprint density at radius 1 is 0.852 bits per heavy atom. The molecule has 1 heterocycles. The van der Waals surface area contributed by atoms with Gasteiger partial charge in [-0.05, 0) is 48.4 Å². The third-order valence-electron chi connectivity index (χ3n) is 4.55. The molecule has 0 saturated carbocycles. The zero-order valence-corrected chi connectivity index (χ0v) is 16.1. The lowest BCUT2D eigenvalue weighted by atomic mass is 10.1. The molecule has 0 unspecified atom stereocenters. The van der Waals surface area contributed by atoms with Crippen LogP contribution >= 0.6 is 11.3 Å². The molecule has 4 rings (SSSR count). The average Bonchev–Trinajstić information content (AvgIpc) is 3.07. The highest BCUT2D eigenvalue weighted by Gasteiger charge is 2.08. The molecule has 0 aliphatic heterocycles. The molecule has 0 spiro atoms. The maximum Gasteiger partial charge on any atom is 0.0391 e. The van der Waals surface area contributed by atoms with E-state index in [4.69, 9.17) is 0 Å². The van der Waals surface area contributed by atoms with Gasteiger partial charge in [0.15, 0.2) is 0 Å². The molecule has 0 aliphatic rings. The molecule has 1 N–H and O–H groups in total. The Bertz CT molecular complexity index is 1100. The van der Waals surface area contributed by atoms with Gasteiger partial charge in [-0.1, -0.05) is 67.3 Å². The Kier molecular flexibility index (Phi) is 4.91. The molecule has 132 valence electrons. The summed E-state index contributed by atoms with van der Waals surface area (Å²) in [6.45, 7) is 6.00. The van der Waals surface area contributed by atoms with Crippen molar-refractivity contribution in [3.63, 3.8) is 0 Å². The maximum atomic E-state index is 3.95. The number of nitrogens with one attached hydrogen (secondary N) is 1. The van der Waals surface area contributed by atoms with Crippen molar-refractivity contribution in [2.75, 3.05) is 5.32 Å². The van der Waals surface area contributed by atoms with Gasteiger partial charge in [-0.2, -0.15) is 0 Å². The van der Waals surface area contributed by atoms with Crippen LogP contribution in [0.2, 0.25) is 0 Å². The van der Waals surface area contributed by atoms with Crippen molar-refractivity contribution in [3.8, 4) is 11.1 Å². The second kappa shape index (κ2) is 7.65. The predicted octanol–water partition coefficient (Wildman–Crippen LogP) is 7.99. The van der Waals surface area contributed by atoms with Crippen LogP contribution < -0.4 is 5.32 Å². The molecule has 1 nitrogen and oxygen atoms in total. The summed E-state index contributed by atoms with van der Waals surface area (Å²) in [6, 6.07) is 25.5. The van der Waals surface area contributed by atoms with E-state index in [9.17, 15) is 0 Å². The second-order valence-corrected chi connectivity index (χ2v) is 7.45. The van der Waals surface area contributed by atoms with E-state index in [1.807, 2.05) is 19.1 Å². The van der Waals surface area contributed by atoms with Crippen LogP contribution in [0.1, 0.15) is 17.4 Å². The molecule has 0 bridgehead atoms. The van der Waals surface area contributed by atoms with Crippen LogP contribution in [0.15, 0.2) is 85.5 Å². The van der Waals surface area contributed by atoms with E-state index in [0.29, 0.717) is 0 Å². The summed E-state index contributed by atoms with van der Waals surface area (Å²) < 4.78 is 1.28. The lowest BCUT2D eigenvalue weighted by Crippen LogP contribution is -1.90. The molecular weight excluding hydrogens is 346 g/mol. The van der Waals surface area contributed by atoms with Crippen molar-refractivity contribution in [1.82, 2.24) is 0 Å². The number of thiophene rings is 1. The van der Waals surface area contributed by atoms with Gasteiger partial charge in [-0.3, -0.25) is 0 Å². The molecule has 3 aromatic carbocycles. The zero-order chi connectivity index (χ0) is 18.6. The number of hydrogen-bond donors (Lipinski definition) is 1. The van der Waals surface area contributed by atoms with Crippen LogP contribution in [0.4, 0.5) is 11.4 Å². The second-order valence-electron chi connectivity index (χ2n) is 6.36. The highest BCUT2D eigenvalue weighted by atomic mass is 32.1. The Balaban J connectivity index is 1.63. The summed E-state index contributed by atoms with van der Waals surface area (Å²) in [4.78, 5) is 1.22. The fraction of sp³-hybridized carbons (Fsp3) is 0.0400. The topological polar surface area (TPSA) is 12.0 Å². The minimum atomic E-state index is 1.08. The maximum absolute atomic E-state index is 3.95. The Morgan fingerprint density at radius 3 is 2.26 bits per heavy atom. The molecule has 0 saturated heterocycles. The lowest BCUT2D eigenvalue weighted by Gasteiger charge is -2.08. The Hall–Kier alpha value is -3.10. The fourth-order valence-electron chi connectivity index (χ4n) is 3.25. The quantitative estimate of drug-likeness (QED) is 0.377. The van der Waals surface area contributed by atoms with Gasteiger partial charge in [0.1, 0.15) is 0 Å². The van der Waals surface area contributed by atoms with Gasteiger partial charge in [0.05, 0.1) is 0 Å². The van der Waals surface area contributed by atoms with E-state index in [-0.39, 0.29) is 0 Å². The highest BCUT2D eigenvalue weighted by molar-refractivity contribution is 7.20. The number of allylic oxidation sites excluding steroid dienone is 1. The fourth-order valence-corrected chi connectivity index (χ4v) is 4.27. The SMILES string of the molecule is C=Cc1sc2ccc(Nc3ccc(-c4ccccc4)cc3)cc2c1/C=C\C. The Morgan fingerprint density at radius 2 is 1.56 bits per heavy atom. The van der Waals surface area contributed by atoms with Crippen molar-refractivity contribution >= 4 is 44.9 Å². The number of hydrogen-bond acceptors (Lipinski definition) is 2. The van der Waals surface area contributed by atoms with Gasteiger partial charge in [0.2, 0.25) is 0 Å². The summed E-state index contributed by atoms with van der Waals surface area (Å²) >= 11 is 1.78. The summed E-state index contributed by atoms with van der Waals surface area (Å²) in [5.41, 5.74) is 5.88. The molecule has 1 aromatic heterocycles. The molecule has 2 heteroatoms. The summed E-state index contributed by atoms with van der Waals surface area (Å²) in [5, 5.41) is 4.79. The van der Waals surface area contributed by atoms with E-state index in [1.54, 1.807) is 11.3 Å². The molecule has 27 heavy (non-hydrogen) atoms. The lowest BCUT2D eigenvalue weighted by molar-refractivity contribution is 1.56. The van der Waals surface area contributed by atoms with E-state index in [1.165, 1.54) is 31.7 Å². The van der Waals surface area contributed by atoms with E-state index >= 15 is 0 Å². The first kappa shape index (κ1) is 17.3. The number of fused-ring (bicyclic) bond motifs is 1. The predicted molar refractivity (Wildman–Crippen MR) is 122 cm³/mol. The summed E-state index contributed by atoms with van der Waals surface area (Å²) in [7, 11) is 0. The van der Waals surface area contributed by atoms with Gasteiger partial charge in [-0.25, -0.2) is 0 Å². The average molecular weight is 368 g/mol. The third-order valence-corrected chi connectivity index (χ3v) is 5.74. The van der Waals surface area contributed by atoms with Gasteiger partial charge in [0.25, 0.3) is 0 Å². The molecule has 0 aliphatic carbocycles. The van der Waals surface area contributed by atoms with Crippen LogP contribution in [-0.4, -0.2) is 0 Å². The minimum Gasteiger partial charge on any atom is -0.356 e. The minimum absolute atomic E-state index is 1.08. The smallest absolute Gasteiger partial charge is 0.0391 e. The molecule has 0 radical (unpaired) electrons. The van der Waals surface area contributed by atoms with Crippen LogP contribution in [0.25, 0.3) is 33.4 Å². The molecule has 0 fully saturated rings. The third kappa shape index (κ3) is 3.57. The van der Waals surface area contributed by atoms with Gasteiger partial charge in [-0.15, -0.1) is 11.3 Å². The first-order chi connectivity index (χ1) is 13.3. The first-order valence-corrected chi connectivity index (χ1v) is 9.84. The van der Waals surface area contributed by atoms with Gasteiger partial charge < -0.3 is 5.32 Å². The van der Waals surface area contributed by atoms with E-state index in [0.717, 1.165) is 11.4 Å². The normalized spacial score (nSPS) is 11.1. The van der Waals surface area contributed by atoms with Gasteiger partial charge in [0, 0.05) is 31.9 Å². The van der Waals surface area contributed by atoms with Crippen LogP contribution in [0.3, 0.4) is 0 Å². The summed E-state index contributed by atoms with van der Waals surface area (Å²) in [5.74, 6) is 0. The van der Waals surface area contributed by atoms with Crippen molar-refractivity contribution in [2.45, 2.75) is 6.92 Å². The van der Waals surface area contributed by atoms with Crippen LogP contribution in [0.5, 0.6) is 0 Å². The first-order valence-electron chi connectivity index (χ1n) is 9.02. The van der Waals surface area contributed by atoms with Crippen LogP contribution in [0, 0.1) is 0 Å². The molecule has 0 atom stereocenters. The number of benzene rings is 3. The molecule has 0 amide bonds. The van der Waals surface area contributed by atoms with Crippen LogP contribution in [-0.2, 0) is 0 Å². The van der Waals surface area contributed by atoms with Crippen molar-refractivity contribution < 1.29 is 0 Å². The zero-order valence-electron chi connectivity index (χ0n) is 15.3. The number of rotatable bonds is 5.